The van der Waals surface area contributed by atoms with Gasteiger partial charge in [0, 0.05) is 44.5 Å². The lowest BCUT2D eigenvalue weighted by atomic mass is 10.00. The predicted octanol–water partition coefficient (Wildman–Crippen LogP) is 5.34. The number of piperidine rings is 1. The highest BCUT2D eigenvalue weighted by Gasteiger charge is 2.33. The summed E-state index contributed by atoms with van der Waals surface area (Å²) < 4.78 is 15.6. The van der Waals surface area contributed by atoms with E-state index < -0.39 is 11.6 Å². The van der Waals surface area contributed by atoms with Crippen LogP contribution in [-0.4, -0.2) is 74.6 Å². The fourth-order valence-electron chi connectivity index (χ4n) is 5.71. The molecule has 5 rings (SSSR count). The molecule has 0 bridgehead atoms. The molecule has 39 heavy (non-hydrogen) atoms. The summed E-state index contributed by atoms with van der Waals surface area (Å²) in [6.07, 6.45) is 5.79. The average molecular weight is 538 g/mol. The number of amides is 1. The van der Waals surface area contributed by atoms with Crippen molar-refractivity contribution in [2.24, 2.45) is 0 Å². The second-order valence-corrected chi connectivity index (χ2v) is 11.6. The number of rotatable bonds is 5. The van der Waals surface area contributed by atoms with Gasteiger partial charge in [-0.3, -0.25) is 0 Å². The van der Waals surface area contributed by atoms with Crippen molar-refractivity contribution in [1.82, 2.24) is 19.1 Å². The van der Waals surface area contributed by atoms with Gasteiger partial charge in [0.1, 0.15) is 11.4 Å². The quantitative estimate of drug-likeness (QED) is 0.468. The van der Waals surface area contributed by atoms with Gasteiger partial charge in [0.2, 0.25) is 0 Å². The van der Waals surface area contributed by atoms with Gasteiger partial charge in [-0.15, -0.1) is 0 Å². The molecule has 0 aromatic carbocycles. The maximum absolute atomic E-state index is 12.7. The minimum atomic E-state index is -0.988. The van der Waals surface area contributed by atoms with Crippen LogP contribution in [0.1, 0.15) is 75.2 Å². The summed E-state index contributed by atoms with van der Waals surface area (Å²) in [7, 11) is 2.02. The fraction of sp³-hybridized carbons (Fsp3) is 0.552. The normalized spacial score (nSPS) is 18.9. The van der Waals surface area contributed by atoms with Gasteiger partial charge in [0.25, 0.3) is 0 Å². The van der Waals surface area contributed by atoms with E-state index in [9.17, 15) is 14.7 Å². The molecule has 1 atom stereocenters. The first-order chi connectivity index (χ1) is 18.5. The number of ether oxygens (including phenoxy) is 2. The Bertz CT molecular complexity index is 1360. The summed E-state index contributed by atoms with van der Waals surface area (Å²) in [5.41, 5.74) is 2.66. The largest absolute Gasteiger partial charge is 0.478 e. The van der Waals surface area contributed by atoms with Crippen LogP contribution in [0.25, 0.3) is 16.8 Å². The Balaban J connectivity index is 1.55. The van der Waals surface area contributed by atoms with Crippen molar-refractivity contribution >= 4 is 23.4 Å². The maximum atomic E-state index is 12.7. The highest BCUT2D eigenvalue weighted by atomic mass is 16.6. The Kier molecular flexibility index (Phi) is 7.33. The molecule has 10 nitrogen and oxygen atoms in total. The van der Waals surface area contributed by atoms with Crippen LogP contribution in [0.15, 0.2) is 30.5 Å². The Labute approximate surface area is 229 Å². The first-order valence-corrected chi connectivity index (χ1v) is 13.8. The Morgan fingerprint density at radius 2 is 1.90 bits per heavy atom. The predicted molar refractivity (Wildman–Crippen MR) is 148 cm³/mol. The van der Waals surface area contributed by atoms with Gasteiger partial charge >= 0.3 is 12.1 Å². The monoisotopic (exact) mass is 537 g/mol. The van der Waals surface area contributed by atoms with Crippen molar-refractivity contribution in [3.63, 3.8) is 0 Å². The molecule has 0 spiro atoms. The number of nitrogens with zero attached hydrogens (tertiary/aromatic N) is 5. The number of pyridine rings is 1. The van der Waals surface area contributed by atoms with Crippen molar-refractivity contribution in [1.29, 1.82) is 0 Å². The molecule has 1 N–H and O–H groups in total. The third-order valence-electron chi connectivity index (χ3n) is 7.56. The smallest absolute Gasteiger partial charge is 0.410 e. The van der Waals surface area contributed by atoms with Crippen LogP contribution in [0.5, 0.6) is 0 Å². The van der Waals surface area contributed by atoms with Gasteiger partial charge in [-0.05, 0) is 84.1 Å². The number of anilines is 1. The van der Waals surface area contributed by atoms with E-state index in [2.05, 4.69) is 9.30 Å². The number of likely N-dealkylation sites (tertiary alicyclic amines) is 1. The van der Waals surface area contributed by atoms with Crippen LogP contribution in [0.2, 0.25) is 0 Å². The summed E-state index contributed by atoms with van der Waals surface area (Å²) in [6.45, 7) is 9.33. The number of carbonyl (C=O) groups excluding carboxylic acids is 1. The average Bonchev–Trinajstić information content (AvgIpc) is 3.53. The molecule has 10 heteroatoms. The lowest BCUT2D eigenvalue weighted by molar-refractivity contribution is -0.0385. The molecular weight excluding hydrogens is 498 g/mol. The van der Waals surface area contributed by atoms with Crippen molar-refractivity contribution in [3.05, 3.63) is 41.7 Å². The molecule has 2 aliphatic heterocycles. The molecule has 5 heterocycles. The lowest BCUT2D eigenvalue weighted by Gasteiger charge is -2.39. The molecular formula is C29H39N5O5. The zero-order valence-electron chi connectivity index (χ0n) is 23.5. The van der Waals surface area contributed by atoms with Crippen LogP contribution in [0, 0.1) is 6.92 Å². The topological polar surface area (TPSA) is 102 Å². The van der Waals surface area contributed by atoms with Gasteiger partial charge < -0.3 is 28.8 Å². The van der Waals surface area contributed by atoms with Crippen LogP contribution in [-0.2, 0) is 9.47 Å². The molecule has 1 unspecified atom stereocenters. The SMILES string of the molecule is Cc1cc(-c2c(C(=O)O)cc3cccn3c2N(C)C2CCN(C(=O)OC(C)(C)C)CC2)n(C2CCCCO2)n1. The Hall–Kier alpha value is -3.53. The van der Waals surface area contributed by atoms with E-state index in [1.54, 1.807) is 11.0 Å². The molecule has 210 valence electrons. The number of carbonyl (C=O) groups is 2. The van der Waals surface area contributed by atoms with Gasteiger partial charge in [-0.1, -0.05) is 0 Å². The Morgan fingerprint density at radius 1 is 1.15 bits per heavy atom. The van der Waals surface area contributed by atoms with Crippen molar-refractivity contribution in [3.8, 4) is 11.3 Å². The second kappa shape index (κ2) is 10.6. The van der Waals surface area contributed by atoms with Gasteiger partial charge in [0.05, 0.1) is 22.5 Å². The third-order valence-corrected chi connectivity index (χ3v) is 7.56. The van der Waals surface area contributed by atoms with Gasteiger partial charge in [-0.25, -0.2) is 14.3 Å². The summed E-state index contributed by atoms with van der Waals surface area (Å²) >= 11 is 0. The molecule has 2 saturated heterocycles. The molecule has 0 saturated carbocycles. The number of carboxylic acid groups (broad SMARTS) is 1. The van der Waals surface area contributed by atoms with E-state index >= 15 is 0 Å². The molecule has 2 fully saturated rings. The first kappa shape index (κ1) is 27.1. The van der Waals surface area contributed by atoms with Gasteiger partial charge in [0.15, 0.2) is 6.23 Å². The number of aromatic carboxylic acids is 1. The summed E-state index contributed by atoms with van der Waals surface area (Å²) in [6, 6.07) is 7.64. The summed E-state index contributed by atoms with van der Waals surface area (Å²) in [5, 5.41) is 15.2. The lowest BCUT2D eigenvalue weighted by Crippen LogP contribution is -2.47. The van der Waals surface area contributed by atoms with E-state index in [0.29, 0.717) is 25.3 Å². The molecule has 0 radical (unpaired) electrons. The number of hydrogen-bond donors (Lipinski definition) is 1. The zero-order valence-corrected chi connectivity index (χ0v) is 23.5. The van der Waals surface area contributed by atoms with E-state index in [0.717, 1.165) is 54.8 Å². The number of fused-ring (bicyclic) bond motifs is 1. The van der Waals surface area contributed by atoms with Crippen LogP contribution >= 0.6 is 0 Å². The highest BCUT2D eigenvalue weighted by molar-refractivity contribution is 6.01. The van der Waals surface area contributed by atoms with Crippen molar-refractivity contribution < 1.29 is 24.2 Å². The zero-order chi connectivity index (χ0) is 27.9. The number of aromatic nitrogens is 3. The first-order valence-electron chi connectivity index (χ1n) is 13.8. The number of carboxylic acids is 1. The van der Waals surface area contributed by atoms with Crippen LogP contribution in [0.4, 0.5) is 10.6 Å². The van der Waals surface area contributed by atoms with E-state index in [1.807, 2.05) is 63.8 Å². The molecule has 0 aliphatic carbocycles. The summed E-state index contributed by atoms with van der Waals surface area (Å²) in [4.78, 5) is 29.3. The van der Waals surface area contributed by atoms with E-state index in [4.69, 9.17) is 14.6 Å². The van der Waals surface area contributed by atoms with E-state index in [1.165, 1.54) is 0 Å². The molecule has 1 amide bonds. The standard InChI is InChI=1S/C29H39N5O5/c1-19-17-23(34(30-19)24-10-6-7-16-38-24)25-22(27(35)36)18-21-9-8-13-33(21)26(25)31(5)20-11-14-32(15-12-20)28(37)39-29(2,3)4/h8-9,13,17-18,20,24H,6-7,10-12,14-16H2,1-5H3,(H,35,36). The molecule has 3 aromatic rings. The van der Waals surface area contributed by atoms with Crippen LogP contribution in [0.3, 0.4) is 0 Å². The van der Waals surface area contributed by atoms with Crippen molar-refractivity contribution in [2.45, 2.75) is 77.7 Å². The van der Waals surface area contributed by atoms with E-state index in [-0.39, 0.29) is 23.9 Å². The number of hydrogen-bond acceptors (Lipinski definition) is 6. The highest BCUT2D eigenvalue weighted by Crippen LogP contribution is 2.40. The molecule has 3 aromatic heterocycles. The minimum Gasteiger partial charge on any atom is -0.478 e. The second-order valence-electron chi connectivity index (χ2n) is 11.6. The summed E-state index contributed by atoms with van der Waals surface area (Å²) in [5.74, 6) is -0.194. The number of aryl methyl sites for hydroxylation is 1. The van der Waals surface area contributed by atoms with Gasteiger partial charge in [-0.2, -0.15) is 5.10 Å². The maximum Gasteiger partial charge on any atom is 0.410 e. The fourth-order valence-corrected chi connectivity index (χ4v) is 5.71. The van der Waals surface area contributed by atoms with Crippen LogP contribution < -0.4 is 4.90 Å². The Morgan fingerprint density at radius 3 is 2.54 bits per heavy atom. The minimum absolute atomic E-state index is 0.0977. The third kappa shape index (κ3) is 5.48. The van der Waals surface area contributed by atoms with Crippen molar-refractivity contribution in [2.75, 3.05) is 31.6 Å². The molecule has 2 aliphatic rings.